The highest BCUT2D eigenvalue weighted by atomic mass is 16.2. The molecule has 1 unspecified atom stereocenters. The number of hydrogen-bond donors (Lipinski definition) is 0. The number of rotatable bonds is 6. The molecule has 0 bridgehead atoms. The minimum absolute atomic E-state index is 0.262. The van der Waals surface area contributed by atoms with Gasteiger partial charge in [0, 0.05) is 33.3 Å². The molecule has 1 aromatic heterocycles. The van der Waals surface area contributed by atoms with Crippen molar-refractivity contribution >= 4 is 5.91 Å². The van der Waals surface area contributed by atoms with Crippen LogP contribution in [0.2, 0.25) is 0 Å². The van der Waals surface area contributed by atoms with E-state index in [0.717, 1.165) is 32.2 Å². The highest BCUT2D eigenvalue weighted by Gasteiger charge is 2.25. The Balaban J connectivity index is 1.47. The minimum Gasteiger partial charge on any atom is -0.346 e. The number of fused-ring (bicyclic) bond motifs is 1. The molecule has 1 amide bonds. The molecule has 122 valence electrons. The summed E-state index contributed by atoms with van der Waals surface area (Å²) in [4.78, 5) is 14.4. The summed E-state index contributed by atoms with van der Waals surface area (Å²) < 4.78 is 1.82. The SMILES string of the molecule is CN(CCCc1cnn(C)c1)C(=O)CC1CCc2ccccc21. The molecule has 0 aliphatic heterocycles. The molecule has 1 aromatic carbocycles. The molecule has 1 heterocycles. The van der Waals surface area contributed by atoms with Crippen LogP contribution in [0.25, 0.3) is 0 Å². The second-order valence-electron chi connectivity index (χ2n) is 6.58. The number of aryl methyl sites for hydroxylation is 3. The molecule has 1 aliphatic carbocycles. The molecule has 23 heavy (non-hydrogen) atoms. The lowest BCUT2D eigenvalue weighted by Gasteiger charge is -2.19. The summed E-state index contributed by atoms with van der Waals surface area (Å²) in [6.45, 7) is 0.808. The van der Waals surface area contributed by atoms with Gasteiger partial charge >= 0.3 is 0 Å². The third-order valence-electron chi connectivity index (χ3n) is 4.82. The van der Waals surface area contributed by atoms with Crippen molar-refractivity contribution in [3.63, 3.8) is 0 Å². The highest BCUT2D eigenvalue weighted by Crippen LogP contribution is 2.35. The van der Waals surface area contributed by atoms with E-state index in [0.29, 0.717) is 12.3 Å². The Morgan fingerprint density at radius 1 is 1.39 bits per heavy atom. The molecular formula is C19H25N3O. The molecule has 1 aliphatic rings. The van der Waals surface area contributed by atoms with Crippen LogP contribution in [0, 0.1) is 0 Å². The van der Waals surface area contributed by atoms with Gasteiger partial charge in [0.2, 0.25) is 5.91 Å². The molecule has 0 saturated heterocycles. The number of nitrogens with zero attached hydrogens (tertiary/aromatic N) is 3. The van der Waals surface area contributed by atoms with Crippen LogP contribution in [0.1, 0.15) is 41.9 Å². The van der Waals surface area contributed by atoms with E-state index in [9.17, 15) is 4.79 Å². The fourth-order valence-electron chi connectivity index (χ4n) is 3.47. The first-order chi connectivity index (χ1) is 11.1. The first kappa shape index (κ1) is 15.8. The zero-order valence-electron chi connectivity index (χ0n) is 14.0. The van der Waals surface area contributed by atoms with Crippen molar-refractivity contribution in [3.8, 4) is 0 Å². The maximum absolute atomic E-state index is 12.5. The monoisotopic (exact) mass is 311 g/mol. The Morgan fingerprint density at radius 3 is 3.00 bits per heavy atom. The number of amides is 1. The Labute approximate surface area is 138 Å². The van der Waals surface area contributed by atoms with Gasteiger partial charge < -0.3 is 4.90 Å². The van der Waals surface area contributed by atoms with Crippen LogP contribution in [0.4, 0.5) is 0 Å². The van der Waals surface area contributed by atoms with E-state index in [1.165, 1.54) is 16.7 Å². The molecule has 2 aromatic rings. The average molecular weight is 311 g/mol. The molecule has 0 spiro atoms. The lowest BCUT2D eigenvalue weighted by atomic mass is 9.97. The molecular weight excluding hydrogens is 286 g/mol. The number of hydrogen-bond acceptors (Lipinski definition) is 2. The Hall–Kier alpha value is -2.10. The fourth-order valence-corrected chi connectivity index (χ4v) is 3.47. The van der Waals surface area contributed by atoms with Gasteiger partial charge in [0.25, 0.3) is 0 Å². The summed E-state index contributed by atoms with van der Waals surface area (Å²) in [5, 5.41) is 4.18. The minimum atomic E-state index is 0.262. The molecule has 0 fully saturated rings. The van der Waals surface area contributed by atoms with Crippen molar-refractivity contribution in [1.29, 1.82) is 0 Å². The van der Waals surface area contributed by atoms with Gasteiger partial charge in [0.05, 0.1) is 6.20 Å². The molecule has 0 radical (unpaired) electrons. The van der Waals surface area contributed by atoms with Crippen molar-refractivity contribution in [3.05, 3.63) is 53.3 Å². The third kappa shape index (κ3) is 3.81. The van der Waals surface area contributed by atoms with Gasteiger partial charge in [-0.15, -0.1) is 0 Å². The van der Waals surface area contributed by atoms with Crippen LogP contribution < -0.4 is 0 Å². The van der Waals surface area contributed by atoms with E-state index in [1.807, 2.05) is 36.1 Å². The Morgan fingerprint density at radius 2 is 2.22 bits per heavy atom. The predicted molar refractivity (Wildman–Crippen MR) is 91.3 cm³/mol. The fraction of sp³-hybridized carbons (Fsp3) is 0.474. The largest absolute Gasteiger partial charge is 0.346 e. The van der Waals surface area contributed by atoms with Crippen molar-refractivity contribution in [2.75, 3.05) is 13.6 Å². The molecule has 4 nitrogen and oxygen atoms in total. The smallest absolute Gasteiger partial charge is 0.222 e. The lowest BCUT2D eigenvalue weighted by Crippen LogP contribution is -2.29. The van der Waals surface area contributed by atoms with Gasteiger partial charge in [0.1, 0.15) is 0 Å². The van der Waals surface area contributed by atoms with Gasteiger partial charge in [-0.25, -0.2) is 0 Å². The summed E-state index contributed by atoms with van der Waals surface area (Å²) >= 11 is 0. The van der Waals surface area contributed by atoms with E-state index < -0.39 is 0 Å². The van der Waals surface area contributed by atoms with Crippen molar-refractivity contribution in [2.24, 2.45) is 7.05 Å². The maximum atomic E-state index is 12.5. The predicted octanol–water partition coefficient (Wildman–Crippen LogP) is 2.93. The van der Waals surface area contributed by atoms with E-state index >= 15 is 0 Å². The first-order valence-corrected chi connectivity index (χ1v) is 8.43. The van der Waals surface area contributed by atoms with Gasteiger partial charge in [-0.1, -0.05) is 24.3 Å². The zero-order chi connectivity index (χ0) is 16.2. The second kappa shape index (κ2) is 6.99. The van der Waals surface area contributed by atoms with Crippen molar-refractivity contribution in [1.82, 2.24) is 14.7 Å². The third-order valence-corrected chi connectivity index (χ3v) is 4.82. The van der Waals surface area contributed by atoms with Gasteiger partial charge in [-0.2, -0.15) is 5.10 Å². The van der Waals surface area contributed by atoms with Crippen LogP contribution in [0.5, 0.6) is 0 Å². The second-order valence-corrected chi connectivity index (χ2v) is 6.58. The first-order valence-electron chi connectivity index (χ1n) is 8.43. The summed E-state index contributed by atoms with van der Waals surface area (Å²) in [6.07, 6.45) is 8.75. The van der Waals surface area contributed by atoms with Crippen molar-refractivity contribution in [2.45, 2.75) is 38.0 Å². The van der Waals surface area contributed by atoms with Crippen LogP contribution in [-0.2, 0) is 24.7 Å². The quantitative estimate of drug-likeness (QED) is 0.822. The molecule has 0 N–H and O–H groups in total. The lowest BCUT2D eigenvalue weighted by molar-refractivity contribution is -0.130. The summed E-state index contributed by atoms with van der Waals surface area (Å²) in [6, 6.07) is 8.55. The summed E-state index contributed by atoms with van der Waals surface area (Å²) in [7, 11) is 3.85. The molecule has 0 saturated carbocycles. The van der Waals surface area contributed by atoms with Crippen LogP contribution in [0.3, 0.4) is 0 Å². The Bertz CT molecular complexity index is 677. The van der Waals surface area contributed by atoms with Crippen molar-refractivity contribution < 1.29 is 4.79 Å². The summed E-state index contributed by atoms with van der Waals surface area (Å²) in [5.41, 5.74) is 4.03. The normalized spacial score (nSPS) is 16.3. The zero-order valence-corrected chi connectivity index (χ0v) is 14.0. The van der Waals surface area contributed by atoms with E-state index in [2.05, 4.69) is 29.4 Å². The van der Waals surface area contributed by atoms with Gasteiger partial charge in [-0.05, 0) is 48.3 Å². The van der Waals surface area contributed by atoms with E-state index in [-0.39, 0.29) is 5.91 Å². The van der Waals surface area contributed by atoms with Crippen LogP contribution >= 0.6 is 0 Å². The van der Waals surface area contributed by atoms with Crippen LogP contribution in [-0.4, -0.2) is 34.2 Å². The molecule has 1 atom stereocenters. The number of carbonyl (C=O) groups is 1. The molecule has 3 rings (SSSR count). The van der Waals surface area contributed by atoms with Crippen LogP contribution in [0.15, 0.2) is 36.7 Å². The topological polar surface area (TPSA) is 38.1 Å². The molecule has 4 heteroatoms. The standard InChI is InChI=1S/C19H25N3O/c1-21(11-5-6-15-13-20-22(2)14-15)19(23)12-17-10-9-16-7-3-4-8-18(16)17/h3-4,7-8,13-14,17H,5-6,9-12H2,1-2H3. The highest BCUT2D eigenvalue weighted by molar-refractivity contribution is 5.77. The van der Waals surface area contributed by atoms with Gasteiger partial charge in [0.15, 0.2) is 0 Å². The van der Waals surface area contributed by atoms with E-state index in [1.54, 1.807) is 0 Å². The van der Waals surface area contributed by atoms with E-state index in [4.69, 9.17) is 0 Å². The number of benzene rings is 1. The maximum Gasteiger partial charge on any atom is 0.222 e. The Kier molecular flexibility index (Phi) is 4.79. The summed E-state index contributed by atoms with van der Waals surface area (Å²) in [5.74, 6) is 0.664. The number of aromatic nitrogens is 2. The number of carbonyl (C=O) groups excluding carboxylic acids is 1. The average Bonchev–Trinajstić information content (AvgIpc) is 3.14. The van der Waals surface area contributed by atoms with Gasteiger partial charge in [-0.3, -0.25) is 9.48 Å².